The van der Waals surface area contributed by atoms with E-state index < -0.39 is 0 Å². The van der Waals surface area contributed by atoms with Gasteiger partial charge in [0.25, 0.3) is 0 Å². The molecule has 0 amide bonds. The number of piperazine rings is 1. The molecule has 1 fully saturated rings. The first kappa shape index (κ1) is 20.0. The Morgan fingerprint density at radius 1 is 0.903 bits per heavy atom. The van der Waals surface area contributed by atoms with Gasteiger partial charge in [-0.1, -0.05) is 29.4 Å². The maximum atomic E-state index is 5.84. The summed E-state index contributed by atoms with van der Waals surface area (Å²) in [4.78, 5) is 10.4. The fourth-order valence-electron chi connectivity index (χ4n) is 3.69. The van der Waals surface area contributed by atoms with E-state index in [-0.39, 0.29) is 0 Å². The van der Waals surface area contributed by atoms with Gasteiger partial charge < -0.3 is 13.8 Å². The molecule has 0 aliphatic carbocycles. The van der Waals surface area contributed by atoms with Crippen LogP contribution in [-0.4, -0.2) is 62.9 Å². The second-order valence-electron chi connectivity index (χ2n) is 7.58. The van der Waals surface area contributed by atoms with Crippen LogP contribution in [-0.2, 0) is 13.0 Å². The molecule has 0 saturated carbocycles. The molecule has 160 valence electrons. The van der Waals surface area contributed by atoms with Crippen molar-refractivity contribution in [3.05, 3.63) is 59.6 Å². The highest BCUT2D eigenvalue weighted by atomic mass is 32.1. The van der Waals surface area contributed by atoms with Gasteiger partial charge in [-0.05, 0) is 36.5 Å². The molecule has 4 heterocycles. The molecular formula is C22H24N6O2S. The lowest BCUT2D eigenvalue weighted by atomic mass is 10.2. The predicted octanol–water partition coefficient (Wildman–Crippen LogP) is 3.60. The Labute approximate surface area is 184 Å². The first-order valence-electron chi connectivity index (χ1n) is 10.5. The maximum absolute atomic E-state index is 5.84. The Balaban J connectivity index is 1.04. The normalized spacial score (nSPS) is 15.5. The lowest BCUT2D eigenvalue weighted by Gasteiger charge is -2.33. The molecule has 0 unspecified atom stereocenters. The number of benzene rings is 1. The van der Waals surface area contributed by atoms with Gasteiger partial charge in [0.1, 0.15) is 0 Å². The number of aryl methyl sites for hydroxylation is 1. The molecule has 0 radical (unpaired) electrons. The summed E-state index contributed by atoms with van der Waals surface area (Å²) in [5.74, 6) is 2.66. The van der Waals surface area contributed by atoms with E-state index in [1.807, 2.05) is 47.8 Å². The molecule has 0 bridgehead atoms. The highest BCUT2D eigenvalue weighted by Crippen LogP contribution is 2.22. The molecule has 8 nitrogen and oxygen atoms in total. The second kappa shape index (κ2) is 9.51. The Hall–Kier alpha value is -2.88. The molecule has 0 N–H and O–H groups in total. The molecule has 4 aromatic rings. The molecule has 1 saturated heterocycles. The van der Waals surface area contributed by atoms with Gasteiger partial charge in [0, 0.05) is 38.2 Å². The molecule has 1 aliphatic rings. The number of thiophene rings is 1. The fourth-order valence-corrected chi connectivity index (χ4v) is 4.34. The lowest BCUT2D eigenvalue weighted by Crippen LogP contribution is -2.46. The van der Waals surface area contributed by atoms with Gasteiger partial charge in [0.2, 0.25) is 23.5 Å². The summed E-state index contributed by atoms with van der Waals surface area (Å²) in [6.45, 7) is 5.77. The minimum absolute atomic E-state index is 0.581. The minimum Gasteiger partial charge on any atom is -0.419 e. The van der Waals surface area contributed by atoms with E-state index in [4.69, 9.17) is 8.94 Å². The average Bonchev–Trinajstić information content (AvgIpc) is 3.58. The predicted molar refractivity (Wildman–Crippen MR) is 117 cm³/mol. The van der Waals surface area contributed by atoms with Crippen LogP contribution in [0.15, 0.2) is 56.8 Å². The third kappa shape index (κ3) is 5.07. The van der Waals surface area contributed by atoms with E-state index in [9.17, 15) is 0 Å². The smallest absolute Gasteiger partial charge is 0.247 e. The zero-order chi connectivity index (χ0) is 20.9. The summed E-state index contributed by atoms with van der Waals surface area (Å²) in [5.41, 5.74) is 0.954. The molecule has 31 heavy (non-hydrogen) atoms. The maximum Gasteiger partial charge on any atom is 0.247 e. The van der Waals surface area contributed by atoms with Crippen LogP contribution in [0.4, 0.5) is 0 Å². The molecule has 9 heteroatoms. The zero-order valence-electron chi connectivity index (χ0n) is 17.2. The summed E-state index contributed by atoms with van der Waals surface area (Å²) in [6.07, 6.45) is 1.82. The van der Waals surface area contributed by atoms with Crippen LogP contribution in [0, 0.1) is 0 Å². The van der Waals surface area contributed by atoms with Crippen molar-refractivity contribution in [3.8, 4) is 22.2 Å². The van der Waals surface area contributed by atoms with Crippen molar-refractivity contribution in [1.82, 2.24) is 30.1 Å². The first-order valence-corrected chi connectivity index (χ1v) is 11.4. The monoisotopic (exact) mass is 436 g/mol. The van der Waals surface area contributed by atoms with Gasteiger partial charge in [-0.25, -0.2) is 0 Å². The Morgan fingerprint density at radius 3 is 2.55 bits per heavy atom. The molecule has 0 spiro atoms. The van der Waals surface area contributed by atoms with Crippen molar-refractivity contribution in [3.63, 3.8) is 0 Å². The minimum atomic E-state index is 0.581. The molecule has 3 aromatic heterocycles. The standard InChI is InChI=1S/C22H24N6O2S/c1-2-6-17(7-3-1)22-25-24-20(29-22)16-28-13-11-27(12-14-28)10-4-9-19-23-21(26-30-19)18-8-5-15-31-18/h1-3,5-8,15H,4,9-14,16H2. The number of rotatable bonds is 8. The number of hydrogen-bond donors (Lipinski definition) is 0. The third-order valence-electron chi connectivity index (χ3n) is 5.39. The summed E-state index contributed by atoms with van der Waals surface area (Å²) in [5, 5.41) is 14.5. The highest BCUT2D eigenvalue weighted by Gasteiger charge is 2.19. The highest BCUT2D eigenvalue weighted by molar-refractivity contribution is 7.13. The van der Waals surface area contributed by atoms with Crippen LogP contribution in [0.2, 0.25) is 0 Å². The average molecular weight is 437 g/mol. The topological polar surface area (TPSA) is 84.3 Å². The number of aromatic nitrogens is 4. The van der Waals surface area contributed by atoms with Gasteiger partial charge in [0.05, 0.1) is 11.4 Å². The molecule has 5 rings (SSSR count). The van der Waals surface area contributed by atoms with E-state index in [2.05, 4.69) is 30.1 Å². The summed E-state index contributed by atoms with van der Waals surface area (Å²) in [7, 11) is 0. The van der Waals surface area contributed by atoms with Gasteiger partial charge in [0.15, 0.2) is 0 Å². The van der Waals surface area contributed by atoms with Crippen LogP contribution in [0.1, 0.15) is 18.2 Å². The van der Waals surface area contributed by atoms with Crippen molar-refractivity contribution in [2.45, 2.75) is 19.4 Å². The van der Waals surface area contributed by atoms with E-state index in [1.54, 1.807) is 11.3 Å². The van der Waals surface area contributed by atoms with Crippen LogP contribution in [0.25, 0.3) is 22.2 Å². The fraction of sp³-hybridized carbons (Fsp3) is 0.364. The summed E-state index contributed by atoms with van der Waals surface area (Å²) < 4.78 is 11.2. The first-order chi connectivity index (χ1) is 15.3. The summed E-state index contributed by atoms with van der Waals surface area (Å²) >= 11 is 1.62. The molecular weight excluding hydrogens is 412 g/mol. The van der Waals surface area contributed by atoms with Crippen LogP contribution < -0.4 is 0 Å². The quantitative estimate of drug-likeness (QED) is 0.414. The Kier molecular flexibility index (Phi) is 6.15. The SMILES string of the molecule is c1ccc(-c2nnc(CN3CCN(CCCc4nc(-c5cccs5)no4)CC3)o2)cc1. The third-order valence-corrected chi connectivity index (χ3v) is 6.25. The lowest BCUT2D eigenvalue weighted by molar-refractivity contribution is 0.118. The van der Waals surface area contributed by atoms with Gasteiger partial charge in [-0.3, -0.25) is 4.90 Å². The molecule has 1 aliphatic heterocycles. The van der Waals surface area contributed by atoms with Crippen molar-refractivity contribution >= 4 is 11.3 Å². The van der Waals surface area contributed by atoms with Crippen molar-refractivity contribution in [2.24, 2.45) is 0 Å². The van der Waals surface area contributed by atoms with Crippen molar-refractivity contribution < 1.29 is 8.94 Å². The van der Waals surface area contributed by atoms with Gasteiger partial charge in [-0.15, -0.1) is 21.5 Å². The summed E-state index contributed by atoms with van der Waals surface area (Å²) in [6, 6.07) is 13.9. The van der Waals surface area contributed by atoms with Gasteiger partial charge in [-0.2, -0.15) is 4.98 Å². The Bertz CT molecular complexity index is 1070. The van der Waals surface area contributed by atoms with Crippen molar-refractivity contribution in [2.75, 3.05) is 32.7 Å². The van der Waals surface area contributed by atoms with E-state index in [0.29, 0.717) is 30.0 Å². The Morgan fingerprint density at radius 2 is 1.74 bits per heavy atom. The molecule has 1 aromatic carbocycles. The van der Waals surface area contributed by atoms with E-state index in [1.165, 1.54) is 0 Å². The van der Waals surface area contributed by atoms with Gasteiger partial charge >= 0.3 is 0 Å². The van der Waals surface area contributed by atoms with Crippen molar-refractivity contribution in [1.29, 1.82) is 0 Å². The van der Waals surface area contributed by atoms with Crippen LogP contribution in [0.3, 0.4) is 0 Å². The zero-order valence-corrected chi connectivity index (χ0v) is 18.0. The van der Waals surface area contributed by atoms with Crippen LogP contribution in [0.5, 0.6) is 0 Å². The second-order valence-corrected chi connectivity index (χ2v) is 8.53. The van der Waals surface area contributed by atoms with Crippen LogP contribution >= 0.6 is 11.3 Å². The number of nitrogens with zero attached hydrogens (tertiary/aromatic N) is 6. The molecule has 0 atom stereocenters. The van der Waals surface area contributed by atoms with E-state index >= 15 is 0 Å². The number of hydrogen-bond acceptors (Lipinski definition) is 9. The van der Waals surface area contributed by atoms with E-state index in [0.717, 1.165) is 56.0 Å². The largest absolute Gasteiger partial charge is 0.419 e.